The molecule has 0 saturated heterocycles. The molecule has 1 atom stereocenters. The highest BCUT2D eigenvalue weighted by atomic mass is 16.6. The number of hydrogen-bond donors (Lipinski definition) is 0. The number of rotatable bonds is 49. The van der Waals surface area contributed by atoms with Crippen LogP contribution in [0.2, 0.25) is 0 Å². The molecule has 0 bridgehead atoms. The van der Waals surface area contributed by atoms with Gasteiger partial charge in [0.25, 0.3) is 0 Å². The van der Waals surface area contributed by atoms with Crippen molar-refractivity contribution in [2.75, 3.05) is 13.2 Å². The van der Waals surface area contributed by atoms with Gasteiger partial charge in [0, 0.05) is 19.3 Å². The molecule has 6 heteroatoms. The zero-order valence-corrected chi connectivity index (χ0v) is 43.2. The largest absolute Gasteiger partial charge is 0.462 e. The minimum absolute atomic E-state index is 0.0984. The fraction of sp³-hybridized carbons (Fsp3) is 0.717. The second kappa shape index (κ2) is 54.2. The van der Waals surface area contributed by atoms with Crippen molar-refractivity contribution >= 4 is 17.9 Å². The van der Waals surface area contributed by atoms with E-state index in [1.165, 1.54) is 135 Å². The SMILES string of the molecule is CC/C=C\C/C=C\C/C=C\C/C=C\C/C=C\CCCC(=O)OC(COC(=O)CCCCCCCCCCCC/C=C\C=C/CCCCC)COC(=O)CCCCCCCCCCCCCC. The van der Waals surface area contributed by atoms with Crippen LogP contribution >= 0.6 is 0 Å². The molecule has 0 rings (SSSR count). The minimum atomic E-state index is -0.806. The summed E-state index contributed by atoms with van der Waals surface area (Å²) in [6.45, 7) is 6.45. The van der Waals surface area contributed by atoms with Crippen molar-refractivity contribution < 1.29 is 28.6 Å². The Bertz CT molecular complexity index is 1290. The lowest BCUT2D eigenvalue weighted by Gasteiger charge is -2.18. The molecule has 66 heavy (non-hydrogen) atoms. The van der Waals surface area contributed by atoms with E-state index < -0.39 is 6.10 Å². The predicted molar refractivity (Wildman–Crippen MR) is 284 cm³/mol. The number of esters is 3. The van der Waals surface area contributed by atoms with Crippen LogP contribution in [0.4, 0.5) is 0 Å². The van der Waals surface area contributed by atoms with Crippen LogP contribution in [-0.4, -0.2) is 37.2 Å². The lowest BCUT2D eigenvalue weighted by atomic mass is 10.0. The fourth-order valence-corrected chi connectivity index (χ4v) is 7.53. The summed E-state index contributed by atoms with van der Waals surface area (Å²) >= 11 is 0. The van der Waals surface area contributed by atoms with E-state index >= 15 is 0 Å². The Balaban J connectivity index is 4.44. The molecule has 0 amide bonds. The second-order valence-electron chi connectivity index (χ2n) is 18.1. The first-order chi connectivity index (χ1) is 32.5. The van der Waals surface area contributed by atoms with Crippen LogP contribution in [0.25, 0.3) is 0 Å². The Morgan fingerprint density at radius 2 is 0.652 bits per heavy atom. The van der Waals surface area contributed by atoms with E-state index in [9.17, 15) is 14.4 Å². The van der Waals surface area contributed by atoms with E-state index in [-0.39, 0.29) is 37.5 Å². The van der Waals surface area contributed by atoms with Crippen LogP contribution in [0.15, 0.2) is 85.1 Å². The standard InChI is InChI=1S/C60H102O6/c1-4-7-10-13-16-19-22-25-27-29-30-32-33-35-38-41-44-47-50-53-59(62)65-56-57(55-64-58(61)52-49-46-43-40-37-24-21-18-15-12-9-6-3)66-60(63)54-51-48-45-42-39-36-34-31-28-26-23-20-17-14-11-8-5-2/h8,11,16-17,19-20,22,25-26,28,34,36,42,45,57H,4-7,9-10,12-15,18,21,23-24,27,29-33,35,37-41,43-44,46-56H2,1-3H3/b11-8-,19-16-,20-17-,25-22-,28-26-,36-34-,45-42-. The summed E-state index contributed by atoms with van der Waals surface area (Å²) in [7, 11) is 0. The first-order valence-electron chi connectivity index (χ1n) is 27.6. The van der Waals surface area contributed by atoms with E-state index in [0.717, 1.165) is 77.0 Å². The molecule has 0 heterocycles. The van der Waals surface area contributed by atoms with E-state index in [1.54, 1.807) is 0 Å². The van der Waals surface area contributed by atoms with Gasteiger partial charge in [-0.3, -0.25) is 14.4 Å². The predicted octanol–water partition coefficient (Wildman–Crippen LogP) is 18.4. The normalized spacial score (nSPS) is 12.7. The summed E-state index contributed by atoms with van der Waals surface area (Å²) in [5.41, 5.74) is 0. The Labute approximate surface area is 407 Å². The average Bonchev–Trinajstić information content (AvgIpc) is 3.31. The van der Waals surface area contributed by atoms with Crippen molar-refractivity contribution in [1.29, 1.82) is 0 Å². The molecule has 0 aliphatic rings. The van der Waals surface area contributed by atoms with Crippen molar-refractivity contribution in [3.05, 3.63) is 85.1 Å². The highest BCUT2D eigenvalue weighted by Crippen LogP contribution is 2.15. The van der Waals surface area contributed by atoms with E-state index in [4.69, 9.17) is 14.2 Å². The third-order valence-electron chi connectivity index (χ3n) is 11.7. The Morgan fingerprint density at radius 1 is 0.333 bits per heavy atom. The van der Waals surface area contributed by atoms with Crippen molar-refractivity contribution in [2.45, 2.75) is 264 Å². The number of ether oxygens (including phenoxy) is 3. The number of hydrogen-bond acceptors (Lipinski definition) is 6. The quantitative estimate of drug-likeness (QED) is 0.0199. The summed E-state index contributed by atoms with van der Waals surface area (Å²) < 4.78 is 16.8. The summed E-state index contributed by atoms with van der Waals surface area (Å²) in [5, 5.41) is 0. The van der Waals surface area contributed by atoms with Crippen LogP contribution in [0, 0.1) is 0 Å². The topological polar surface area (TPSA) is 78.9 Å². The van der Waals surface area contributed by atoms with Gasteiger partial charge in [-0.15, -0.1) is 0 Å². The molecule has 0 fully saturated rings. The molecule has 0 aromatic heterocycles. The average molecular weight is 919 g/mol. The third-order valence-corrected chi connectivity index (χ3v) is 11.7. The van der Waals surface area contributed by atoms with Gasteiger partial charge >= 0.3 is 17.9 Å². The van der Waals surface area contributed by atoms with Gasteiger partial charge in [-0.2, -0.15) is 0 Å². The number of carbonyl (C=O) groups excluding carboxylic acids is 3. The molecule has 6 nitrogen and oxygen atoms in total. The first kappa shape index (κ1) is 62.6. The van der Waals surface area contributed by atoms with Crippen LogP contribution in [0.5, 0.6) is 0 Å². The smallest absolute Gasteiger partial charge is 0.306 e. The van der Waals surface area contributed by atoms with Crippen molar-refractivity contribution in [1.82, 2.24) is 0 Å². The van der Waals surface area contributed by atoms with Crippen molar-refractivity contribution in [3.63, 3.8) is 0 Å². The van der Waals surface area contributed by atoms with E-state index in [2.05, 4.69) is 106 Å². The van der Waals surface area contributed by atoms with E-state index in [0.29, 0.717) is 19.3 Å². The second-order valence-corrected chi connectivity index (χ2v) is 18.1. The summed E-state index contributed by atoms with van der Waals surface area (Å²) in [6.07, 6.45) is 70.0. The summed E-state index contributed by atoms with van der Waals surface area (Å²) in [6, 6.07) is 0. The Kier molecular flexibility index (Phi) is 51.4. The van der Waals surface area contributed by atoms with Gasteiger partial charge in [0.15, 0.2) is 6.10 Å². The Hall–Kier alpha value is -3.41. The minimum Gasteiger partial charge on any atom is -0.462 e. The third kappa shape index (κ3) is 51.6. The van der Waals surface area contributed by atoms with Crippen molar-refractivity contribution in [3.8, 4) is 0 Å². The van der Waals surface area contributed by atoms with Gasteiger partial charge in [-0.05, 0) is 83.5 Å². The van der Waals surface area contributed by atoms with Gasteiger partial charge in [0.05, 0.1) is 0 Å². The summed E-state index contributed by atoms with van der Waals surface area (Å²) in [4.78, 5) is 38.0. The number of allylic oxidation sites excluding steroid dienone is 14. The molecule has 1 unspecified atom stereocenters. The van der Waals surface area contributed by atoms with Gasteiger partial charge in [0.2, 0.25) is 0 Å². The molecular formula is C60H102O6. The molecular weight excluding hydrogens is 817 g/mol. The molecule has 0 aromatic rings. The maximum Gasteiger partial charge on any atom is 0.306 e. The molecule has 0 aromatic carbocycles. The van der Waals surface area contributed by atoms with Crippen LogP contribution in [0.1, 0.15) is 258 Å². The first-order valence-corrected chi connectivity index (χ1v) is 27.6. The number of unbranched alkanes of at least 4 members (excludes halogenated alkanes) is 25. The molecule has 0 radical (unpaired) electrons. The van der Waals surface area contributed by atoms with Crippen molar-refractivity contribution in [2.24, 2.45) is 0 Å². The van der Waals surface area contributed by atoms with Gasteiger partial charge < -0.3 is 14.2 Å². The fourth-order valence-electron chi connectivity index (χ4n) is 7.53. The molecule has 0 aliphatic heterocycles. The van der Waals surface area contributed by atoms with Crippen LogP contribution in [0.3, 0.4) is 0 Å². The maximum absolute atomic E-state index is 12.8. The lowest BCUT2D eigenvalue weighted by molar-refractivity contribution is -0.167. The molecule has 0 N–H and O–H groups in total. The zero-order valence-electron chi connectivity index (χ0n) is 43.2. The Morgan fingerprint density at radius 3 is 1.08 bits per heavy atom. The lowest BCUT2D eigenvalue weighted by Crippen LogP contribution is -2.30. The monoisotopic (exact) mass is 919 g/mol. The zero-order chi connectivity index (χ0) is 47.9. The molecule has 0 aliphatic carbocycles. The number of carbonyl (C=O) groups is 3. The van der Waals surface area contributed by atoms with Gasteiger partial charge in [-0.25, -0.2) is 0 Å². The highest BCUT2D eigenvalue weighted by Gasteiger charge is 2.19. The molecule has 0 spiro atoms. The van der Waals surface area contributed by atoms with Gasteiger partial charge in [-0.1, -0.05) is 241 Å². The van der Waals surface area contributed by atoms with E-state index in [1.807, 2.05) is 0 Å². The highest BCUT2D eigenvalue weighted by molar-refractivity contribution is 5.71. The maximum atomic E-state index is 12.8. The summed E-state index contributed by atoms with van der Waals surface area (Å²) in [5.74, 6) is -0.957. The van der Waals surface area contributed by atoms with Crippen LogP contribution in [-0.2, 0) is 28.6 Å². The molecule has 378 valence electrons. The molecule has 0 saturated carbocycles. The van der Waals surface area contributed by atoms with Crippen LogP contribution < -0.4 is 0 Å². The van der Waals surface area contributed by atoms with Gasteiger partial charge in [0.1, 0.15) is 13.2 Å².